The number of carboxylic acids is 1. The maximum absolute atomic E-state index is 14.1. The molecule has 1 amide bonds. The molecule has 1 aliphatic heterocycles. The van der Waals surface area contributed by atoms with Crippen LogP contribution in [0.15, 0.2) is 48.5 Å². The Morgan fingerprint density at radius 1 is 0.977 bits per heavy atom. The predicted octanol–water partition coefficient (Wildman–Crippen LogP) is 1.84. The van der Waals surface area contributed by atoms with Crippen LogP contribution in [0.5, 0.6) is 5.75 Å². The number of nitrogens with one attached hydrogen (secondary N) is 1. The van der Waals surface area contributed by atoms with Crippen molar-refractivity contribution in [2.45, 2.75) is 57.5 Å². The second-order valence-electron chi connectivity index (χ2n) is 11.7. The Bertz CT molecular complexity index is 1270. The van der Waals surface area contributed by atoms with Gasteiger partial charge in [0, 0.05) is 38.8 Å². The van der Waals surface area contributed by atoms with Crippen molar-refractivity contribution >= 4 is 23.5 Å². The number of nitrogens with zero attached hydrogens (tertiary/aromatic N) is 2. The second-order valence-corrected chi connectivity index (χ2v) is 11.7. The van der Waals surface area contributed by atoms with Gasteiger partial charge in [-0.1, -0.05) is 30.3 Å². The van der Waals surface area contributed by atoms with Crippen molar-refractivity contribution in [1.29, 1.82) is 0 Å². The first-order valence-electron chi connectivity index (χ1n) is 15.0. The molecule has 2 aliphatic rings. The lowest BCUT2D eigenvalue weighted by molar-refractivity contribution is -0.155. The fourth-order valence-electron chi connectivity index (χ4n) is 5.76. The van der Waals surface area contributed by atoms with Gasteiger partial charge < -0.3 is 35.0 Å². The van der Waals surface area contributed by atoms with Crippen LogP contribution in [0.25, 0.3) is 0 Å². The van der Waals surface area contributed by atoms with E-state index in [-0.39, 0.29) is 37.7 Å². The molecular formula is C32H42FN3O8. The summed E-state index contributed by atoms with van der Waals surface area (Å²) in [4.78, 5) is 41.9. The second kappa shape index (κ2) is 15.3. The summed E-state index contributed by atoms with van der Waals surface area (Å²) in [6.45, 7) is 6.35. The summed E-state index contributed by atoms with van der Waals surface area (Å²) in [7, 11) is 0. The number of anilines is 1. The number of esters is 1. The molecule has 1 heterocycles. The van der Waals surface area contributed by atoms with Crippen LogP contribution in [0.1, 0.15) is 32.3 Å². The van der Waals surface area contributed by atoms with Crippen molar-refractivity contribution in [3.05, 3.63) is 59.9 Å². The molecule has 0 spiro atoms. The molecule has 0 aromatic heterocycles. The fourth-order valence-corrected chi connectivity index (χ4v) is 5.76. The highest BCUT2D eigenvalue weighted by Crippen LogP contribution is 2.32. The van der Waals surface area contributed by atoms with Crippen molar-refractivity contribution in [2.75, 3.05) is 44.2 Å². The van der Waals surface area contributed by atoms with Gasteiger partial charge in [0.2, 0.25) is 5.91 Å². The van der Waals surface area contributed by atoms with Gasteiger partial charge in [0.1, 0.15) is 17.7 Å². The van der Waals surface area contributed by atoms with Crippen molar-refractivity contribution in [3.8, 4) is 5.75 Å². The minimum Gasteiger partial charge on any atom is -0.489 e. The van der Waals surface area contributed by atoms with Crippen molar-refractivity contribution in [2.24, 2.45) is 11.8 Å². The summed E-state index contributed by atoms with van der Waals surface area (Å²) in [5.41, 5.74) is 1.45. The van der Waals surface area contributed by atoms with E-state index in [9.17, 15) is 34.1 Å². The van der Waals surface area contributed by atoms with Crippen molar-refractivity contribution < 1.29 is 43.6 Å². The number of ether oxygens (including phenoxy) is 2. The highest BCUT2D eigenvalue weighted by Gasteiger charge is 2.43. The quantitative estimate of drug-likeness (QED) is 0.261. The summed E-state index contributed by atoms with van der Waals surface area (Å²) < 4.78 is 25.8. The zero-order valence-electron chi connectivity index (χ0n) is 25.1. The van der Waals surface area contributed by atoms with E-state index in [0.29, 0.717) is 44.2 Å². The Labute approximate surface area is 256 Å². The van der Waals surface area contributed by atoms with Gasteiger partial charge in [-0.25, -0.2) is 4.39 Å². The number of carbonyl (C=O) groups excluding carboxylic acids is 2. The number of aliphatic carboxylic acids is 1. The largest absolute Gasteiger partial charge is 0.489 e. The molecule has 12 heteroatoms. The molecule has 4 N–H and O–H groups in total. The Kier molecular flexibility index (Phi) is 11.5. The highest BCUT2D eigenvalue weighted by molar-refractivity contribution is 5.85. The molecule has 1 saturated heterocycles. The van der Waals surface area contributed by atoms with E-state index in [4.69, 9.17) is 9.47 Å². The average Bonchev–Trinajstić information content (AvgIpc) is 2.98. The highest BCUT2D eigenvalue weighted by atomic mass is 19.1. The molecule has 5 atom stereocenters. The van der Waals surface area contributed by atoms with Gasteiger partial charge in [0.05, 0.1) is 48.8 Å². The van der Waals surface area contributed by atoms with Crippen molar-refractivity contribution in [3.63, 3.8) is 0 Å². The first-order valence-corrected chi connectivity index (χ1v) is 15.0. The molecule has 0 radical (unpaired) electrons. The zero-order chi connectivity index (χ0) is 31.8. The number of hydrogen-bond acceptors (Lipinski definition) is 9. The van der Waals surface area contributed by atoms with Crippen LogP contribution >= 0.6 is 0 Å². The van der Waals surface area contributed by atoms with Gasteiger partial charge in [0.25, 0.3) is 0 Å². The number of amides is 1. The summed E-state index contributed by atoms with van der Waals surface area (Å²) in [6, 6.07) is 13.6. The molecule has 240 valence electrons. The van der Waals surface area contributed by atoms with E-state index >= 15 is 0 Å². The smallest absolute Gasteiger partial charge is 0.310 e. The van der Waals surface area contributed by atoms with Crippen molar-refractivity contribution in [1.82, 2.24) is 10.2 Å². The van der Waals surface area contributed by atoms with E-state index in [1.54, 1.807) is 6.07 Å². The molecule has 1 saturated carbocycles. The first-order chi connectivity index (χ1) is 21.0. The minimum atomic E-state index is -1.22. The van der Waals surface area contributed by atoms with Gasteiger partial charge in [-0.2, -0.15) is 0 Å². The summed E-state index contributed by atoms with van der Waals surface area (Å²) in [5.74, 6) is -4.21. The number of piperazine rings is 1. The Hall–Kier alpha value is -3.74. The van der Waals surface area contributed by atoms with Gasteiger partial charge >= 0.3 is 11.9 Å². The predicted molar refractivity (Wildman–Crippen MR) is 160 cm³/mol. The summed E-state index contributed by atoms with van der Waals surface area (Å²) >= 11 is 0. The van der Waals surface area contributed by atoms with E-state index < -0.39 is 48.0 Å². The zero-order valence-corrected chi connectivity index (χ0v) is 25.1. The monoisotopic (exact) mass is 615 g/mol. The number of halogens is 1. The third-order valence-corrected chi connectivity index (χ3v) is 8.03. The summed E-state index contributed by atoms with van der Waals surface area (Å²) in [6.07, 6.45) is -3.61. The maximum atomic E-state index is 14.1. The van der Waals surface area contributed by atoms with Crippen LogP contribution in [0.4, 0.5) is 10.1 Å². The molecule has 11 nitrogen and oxygen atoms in total. The lowest BCUT2D eigenvalue weighted by Gasteiger charge is -2.38. The lowest BCUT2D eigenvalue weighted by atomic mass is 9.76. The Morgan fingerprint density at radius 2 is 1.64 bits per heavy atom. The average molecular weight is 616 g/mol. The molecule has 2 aromatic carbocycles. The van der Waals surface area contributed by atoms with Crippen LogP contribution in [-0.2, 0) is 25.5 Å². The van der Waals surface area contributed by atoms with E-state index in [2.05, 4.69) is 10.2 Å². The maximum Gasteiger partial charge on any atom is 0.310 e. The third kappa shape index (κ3) is 9.13. The van der Waals surface area contributed by atoms with Gasteiger partial charge in [-0.15, -0.1) is 0 Å². The normalized spacial score (nSPS) is 23.2. The topological polar surface area (TPSA) is 149 Å². The van der Waals surface area contributed by atoms with Crippen LogP contribution < -0.4 is 15.0 Å². The molecule has 0 bridgehead atoms. The molecule has 4 rings (SSSR count). The van der Waals surface area contributed by atoms with Crippen LogP contribution in [0.2, 0.25) is 0 Å². The number of benzene rings is 2. The molecule has 1 aliphatic carbocycles. The summed E-state index contributed by atoms with van der Waals surface area (Å²) in [5, 5.41) is 32.4. The third-order valence-electron chi connectivity index (χ3n) is 8.03. The minimum absolute atomic E-state index is 0.0467. The van der Waals surface area contributed by atoms with Gasteiger partial charge in [-0.05, 0) is 44.4 Å². The molecule has 5 unspecified atom stereocenters. The van der Waals surface area contributed by atoms with Gasteiger partial charge in [-0.3, -0.25) is 19.3 Å². The van der Waals surface area contributed by atoms with Crippen LogP contribution in [0.3, 0.4) is 0 Å². The van der Waals surface area contributed by atoms with E-state index in [1.165, 1.54) is 12.1 Å². The molecule has 2 fully saturated rings. The lowest BCUT2D eigenvalue weighted by Crippen LogP contribution is -2.52. The number of carboxylic acid groups (broad SMARTS) is 1. The standard InChI is InChI=1S/C32H42FN3O8/c1-20(2)43-29-9-8-22(33)15-26(29)36-12-10-35(11-13-36)19-23(44-30(39)14-21-6-4-3-5-7-21)18-34-31(40)24-16-27(37)28(38)17-25(24)32(41)42/h3-9,15,20,23-25,27-28,37-38H,10-14,16-19H2,1-2H3,(H,34,40)(H,41,42). The fraction of sp³-hybridized carbons (Fsp3) is 0.531. The van der Waals surface area contributed by atoms with E-state index in [0.717, 1.165) is 5.56 Å². The van der Waals surface area contributed by atoms with Crippen LogP contribution in [-0.4, -0.2) is 102 Å². The number of hydrogen-bond donors (Lipinski definition) is 4. The first kappa shape index (κ1) is 33.2. The number of aliphatic hydroxyl groups excluding tert-OH is 2. The molecule has 2 aromatic rings. The molecular weight excluding hydrogens is 573 g/mol. The SMILES string of the molecule is CC(C)Oc1ccc(F)cc1N1CCN(CC(CNC(=O)C2CC(O)C(O)CC2C(=O)O)OC(=O)Cc2ccccc2)CC1. The van der Waals surface area contributed by atoms with Gasteiger partial charge in [0.15, 0.2) is 0 Å². The Morgan fingerprint density at radius 3 is 2.27 bits per heavy atom. The number of aliphatic hydroxyl groups is 2. The van der Waals surface area contributed by atoms with E-state index in [1.807, 2.05) is 49.1 Å². The number of rotatable bonds is 12. The number of carbonyl (C=O) groups is 3. The molecule has 44 heavy (non-hydrogen) atoms. The van der Waals surface area contributed by atoms with Crippen LogP contribution in [0, 0.1) is 17.7 Å². The Balaban J connectivity index is 1.40.